The molecule has 0 saturated carbocycles. The van der Waals surface area contributed by atoms with Gasteiger partial charge in [0.05, 0.1) is 12.2 Å². The zero-order valence-corrected chi connectivity index (χ0v) is 13.5. The molecule has 0 aliphatic heterocycles. The molecule has 0 saturated heterocycles. The van der Waals surface area contributed by atoms with Crippen LogP contribution >= 0.6 is 12.2 Å². The van der Waals surface area contributed by atoms with Gasteiger partial charge < -0.3 is 15.2 Å². The molecule has 116 valence electrons. The van der Waals surface area contributed by atoms with Crippen LogP contribution in [-0.4, -0.2) is 29.8 Å². The highest BCUT2D eigenvalue weighted by Crippen LogP contribution is 2.26. The predicted molar refractivity (Wildman–Crippen MR) is 88.0 cm³/mol. The zero-order valence-electron chi connectivity index (χ0n) is 12.7. The fourth-order valence-electron chi connectivity index (χ4n) is 2.45. The molecule has 2 rings (SSSR count). The number of hydrogen-bond acceptors (Lipinski definition) is 4. The number of ether oxygens (including phenoxy) is 2. The molecule has 0 unspecified atom stereocenters. The van der Waals surface area contributed by atoms with Crippen molar-refractivity contribution >= 4 is 17.2 Å². The maximum atomic E-state index is 5.80. The van der Waals surface area contributed by atoms with Crippen LogP contribution in [0.2, 0.25) is 0 Å². The fourth-order valence-corrected chi connectivity index (χ4v) is 2.59. The van der Waals surface area contributed by atoms with Crippen molar-refractivity contribution in [3.05, 3.63) is 22.9 Å². The zero-order chi connectivity index (χ0) is 15.1. The molecule has 0 aromatic carbocycles. The first-order chi connectivity index (χ1) is 10.2. The topological polar surface area (TPSA) is 57.4 Å². The Morgan fingerprint density at radius 2 is 2.10 bits per heavy atom. The number of nitrogens with two attached hydrogens (primary N) is 1. The van der Waals surface area contributed by atoms with Gasteiger partial charge in [-0.1, -0.05) is 25.6 Å². The van der Waals surface area contributed by atoms with E-state index < -0.39 is 0 Å². The minimum atomic E-state index is 0.345. The maximum Gasteiger partial charge on any atom is 0.224 e. The SMILES string of the molecule is CCCCOCCOc1nc2c(cc1C(N)=S)CCCC2. The number of rotatable bonds is 8. The Bertz CT molecular complexity index is 491. The third-order valence-electron chi connectivity index (χ3n) is 3.64. The Hall–Kier alpha value is -1.20. The van der Waals surface area contributed by atoms with E-state index in [9.17, 15) is 0 Å². The molecule has 0 fully saturated rings. The Morgan fingerprint density at radius 3 is 2.86 bits per heavy atom. The van der Waals surface area contributed by atoms with Gasteiger partial charge in [0, 0.05) is 12.3 Å². The van der Waals surface area contributed by atoms with Crippen LogP contribution in [0.1, 0.15) is 49.4 Å². The summed E-state index contributed by atoms with van der Waals surface area (Å²) in [5.41, 5.74) is 8.93. The van der Waals surface area contributed by atoms with Gasteiger partial charge in [0.1, 0.15) is 11.6 Å². The van der Waals surface area contributed by atoms with Crippen LogP contribution in [0.25, 0.3) is 0 Å². The van der Waals surface area contributed by atoms with Crippen molar-refractivity contribution in [2.24, 2.45) is 5.73 Å². The van der Waals surface area contributed by atoms with E-state index in [0.717, 1.165) is 43.5 Å². The van der Waals surface area contributed by atoms with E-state index in [1.54, 1.807) is 0 Å². The van der Waals surface area contributed by atoms with Crippen LogP contribution in [-0.2, 0) is 17.6 Å². The molecule has 1 aliphatic rings. The van der Waals surface area contributed by atoms with Crippen LogP contribution in [0.5, 0.6) is 5.88 Å². The number of aryl methyl sites for hydroxylation is 2. The molecular formula is C16H24N2O2S. The van der Waals surface area contributed by atoms with Crippen molar-refractivity contribution in [3.8, 4) is 5.88 Å². The molecule has 0 amide bonds. The molecule has 0 bridgehead atoms. The lowest BCUT2D eigenvalue weighted by Gasteiger charge is -2.18. The Morgan fingerprint density at radius 1 is 1.29 bits per heavy atom. The summed E-state index contributed by atoms with van der Waals surface area (Å²) in [5, 5.41) is 0. The normalized spacial score (nSPS) is 13.8. The second-order valence-electron chi connectivity index (χ2n) is 5.33. The second-order valence-corrected chi connectivity index (χ2v) is 5.77. The van der Waals surface area contributed by atoms with Gasteiger partial charge in [-0.2, -0.15) is 0 Å². The quantitative estimate of drug-likeness (QED) is 0.591. The van der Waals surface area contributed by atoms with Gasteiger partial charge in [0.25, 0.3) is 0 Å². The first kappa shape index (κ1) is 16.2. The van der Waals surface area contributed by atoms with E-state index >= 15 is 0 Å². The fraction of sp³-hybridized carbons (Fsp3) is 0.625. The average molecular weight is 308 g/mol. The van der Waals surface area contributed by atoms with Gasteiger partial charge in [0.2, 0.25) is 5.88 Å². The lowest BCUT2D eigenvalue weighted by Crippen LogP contribution is -2.18. The van der Waals surface area contributed by atoms with Gasteiger partial charge in [-0.05, 0) is 43.7 Å². The van der Waals surface area contributed by atoms with Gasteiger partial charge >= 0.3 is 0 Å². The summed E-state index contributed by atoms with van der Waals surface area (Å²) >= 11 is 5.12. The van der Waals surface area contributed by atoms with Gasteiger partial charge in [-0.15, -0.1) is 0 Å². The minimum absolute atomic E-state index is 0.345. The first-order valence-corrected chi connectivity index (χ1v) is 8.16. The summed E-state index contributed by atoms with van der Waals surface area (Å²) in [5.74, 6) is 0.558. The molecule has 2 N–H and O–H groups in total. The monoisotopic (exact) mass is 308 g/mol. The van der Waals surface area contributed by atoms with E-state index in [-0.39, 0.29) is 0 Å². The van der Waals surface area contributed by atoms with E-state index in [1.165, 1.54) is 18.4 Å². The maximum absolute atomic E-state index is 5.80. The first-order valence-electron chi connectivity index (χ1n) is 7.75. The van der Waals surface area contributed by atoms with Crippen LogP contribution in [0.4, 0.5) is 0 Å². The summed E-state index contributed by atoms with van der Waals surface area (Å²) in [4.78, 5) is 4.97. The largest absolute Gasteiger partial charge is 0.475 e. The minimum Gasteiger partial charge on any atom is -0.475 e. The predicted octanol–water partition coefficient (Wildman–Crippen LogP) is 2.79. The number of fused-ring (bicyclic) bond motifs is 1. The van der Waals surface area contributed by atoms with Gasteiger partial charge in [-0.3, -0.25) is 0 Å². The molecule has 21 heavy (non-hydrogen) atoms. The highest BCUT2D eigenvalue weighted by Gasteiger charge is 2.17. The smallest absolute Gasteiger partial charge is 0.224 e. The summed E-state index contributed by atoms with van der Waals surface area (Å²) in [6.07, 6.45) is 6.67. The number of hydrogen-bond donors (Lipinski definition) is 1. The Labute approximate surface area is 132 Å². The molecule has 0 atom stereocenters. The van der Waals surface area contributed by atoms with Crippen LogP contribution in [0.3, 0.4) is 0 Å². The van der Waals surface area contributed by atoms with Crippen molar-refractivity contribution in [1.29, 1.82) is 0 Å². The second kappa shape index (κ2) is 8.29. The third-order valence-corrected chi connectivity index (χ3v) is 3.86. The van der Waals surface area contributed by atoms with Crippen LogP contribution < -0.4 is 10.5 Å². The molecule has 1 aromatic heterocycles. The molecule has 1 heterocycles. The highest BCUT2D eigenvalue weighted by atomic mass is 32.1. The van der Waals surface area contributed by atoms with Crippen molar-refractivity contribution in [2.75, 3.05) is 19.8 Å². The van der Waals surface area contributed by atoms with E-state index in [2.05, 4.69) is 18.0 Å². The van der Waals surface area contributed by atoms with Crippen molar-refractivity contribution < 1.29 is 9.47 Å². The molecule has 1 aromatic rings. The lowest BCUT2D eigenvalue weighted by atomic mass is 9.95. The third kappa shape index (κ3) is 4.64. The van der Waals surface area contributed by atoms with Crippen LogP contribution in [0.15, 0.2) is 6.07 Å². The summed E-state index contributed by atoms with van der Waals surface area (Å²) in [7, 11) is 0. The highest BCUT2D eigenvalue weighted by molar-refractivity contribution is 7.80. The standard InChI is InChI=1S/C16H24N2O2S/c1-2-3-8-19-9-10-20-16-13(15(17)21)11-12-6-4-5-7-14(12)18-16/h11H,2-10H2,1H3,(H2,17,21). The molecule has 4 nitrogen and oxygen atoms in total. The number of pyridine rings is 1. The van der Waals surface area contributed by atoms with E-state index in [4.69, 9.17) is 27.4 Å². The van der Waals surface area contributed by atoms with Gasteiger partial charge in [-0.25, -0.2) is 4.98 Å². The van der Waals surface area contributed by atoms with E-state index in [1.807, 2.05) is 0 Å². The average Bonchev–Trinajstić information content (AvgIpc) is 2.49. The summed E-state index contributed by atoms with van der Waals surface area (Å²) in [6.45, 7) is 3.96. The molecular weight excluding hydrogens is 284 g/mol. The molecule has 1 aliphatic carbocycles. The Kier molecular flexibility index (Phi) is 6.39. The van der Waals surface area contributed by atoms with Crippen molar-refractivity contribution in [2.45, 2.75) is 45.4 Å². The Balaban J connectivity index is 1.98. The molecule has 0 radical (unpaired) electrons. The van der Waals surface area contributed by atoms with Crippen molar-refractivity contribution in [1.82, 2.24) is 4.98 Å². The number of thiocarbonyl (C=S) groups is 1. The number of unbranched alkanes of at least 4 members (excludes halogenated alkanes) is 1. The number of nitrogens with zero attached hydrogens (tertiary/aromatic N) is 1. The summed E-state index contributed by atoms with van der Waals surface area (Å²) in [6, 6.07) is 2.05. The lowest BCUT2D eigenvalue weighted by molar-refractivity contribution is 0.0963. The molecule has 0 spiro atoms. The number of aromatic nitrogens is 1. The van der Waals surface area contributed by atoms with Crippen LogP contribution in [0, 0.1) is 0 Å². The van der Waals surface area contributed by atoms with Crippen molar-refractivity contribution in [3.63, 3.8) is 0 Å². The summed E-state index contributed by atoms with van der Waals surface area (Å²) < 4.78 is 11.2. The van der Waals surface area contributed by atoms with E-state index in [0.29, 0.717) is 24.1 Å². The molecule has 5 heteroatoms. The van der Waals surface area contributed by atoms with Gasteiger partial charge in [0.15, 0.2) is 0 Å².